The highest BCUT2D eigenvalue weighted by Gasteiger charge is 2.15. The van der Waals surface area contributed by atoms with E-state index in [1.807, 2.05) is 32.2 Å². The number of carbonyl (C=O) groups is 2. The van der Waals surface area contributed by atoms with Gasteiger partial charge >= 0.3 is 6.09 Å². The number of anilines is 2. The Kier molecular flexibility index (Phi) is 8.70. The Morgan fingerprint density at radius 3 is 2.66 bits per heavy atom. The summed E-state index contributed by atoms with van der Waals surface area (Å²) in [5, 5.41) is 11.2. The molecule has 7 nitrogen and oxygen atoms in total. The molecule has 0 saturated carbocycles. The van der Waals surface area contributed by atoms with Crippen LogP contribution in [0.25, 0.3) is 10.2 Å². The lowest BCUT2D eigenvalue weighted by molar-refractivity contribution is -0.116. The molecule has 0 fully saturated rings. The summed E-state index contributed by atoms with van der Waals surface area (Å²) in [5.41, 5.74) is 2.05. The number of rotatable bonds is 10. The van der Waals surface area contributed by atoms with Crippen LogP contribution in [0.15, 0.2) is 17.6 Å². The van der Waals surface area contributed by atoms with Crippen LogP contribution in [0.2, 0.25) is 0 Å². The molecule has 8 heteroatoms. The van der Waals surface area contributed by atoms with Crippen molar-refractivity contribution in [3.8, 4) is 0 Å². The fourth-order valence-electron chi connectivity index (χ4n) is 2.70. The average Bonchev–Trinajstić information content (AvgIpc) is 3.11. The summed E-state index contributed by atoms with van der Waals surface area (Å²) in [4.78, 5) is 28.3. The second-order valence-corrected chi connectivity index (χ2v) is 8.81. The molecular weight excluding hydrogens is 388 g/mol. The third kappa shape index (κ3) is 7.89. The fraction of sp³-hybridized carbons (Fsp3) is 0.571. The van der Waals surface area contributed by atoms with Crippen LogP contribution >= 0.6 is 11.3 Å². The van der Waals surface area contributed by atoms with Crippen molar-refractivity contribution in [2.24, 2.45) is 0 Å². The Labute approximate surface area is 176 Å². The largest absolute Gasteiger partial charge is 0.444 e. The van der Waals surface area contributed by atoms with Crippen molar-refractivity contribution in [3.05, 3.63) is 17.6 Å². The maximum atomic E-state index is 12.2. The van der Waals surface area contributed by atoms with E-state index in [1.165, 1.54) is 0 Å². The van der Waals surface area contributed by atoms with Gasteiger partial charge in [-0.15, -0.1) is 11.3 Å². The minimum Gasteiger partial charge on any atom is -0.444 e. The minimum atomic E-state index is -0.489. The van der Waals surface area contributed by atoms with Gasteiger partial charge in [0.1, 0.15) is 5.60 Å². The fourth-order valence-corrected chi connectivity index (χ4v) is 3.58. The van der Waals surface area contributed by atoms with Gasteiger partial charge in [0.2, 0.25) is 5.91 Å². The monoisotopic (exact) mass is 420 g/mol. The molecule has 2 rings (SSSR count). The normalized spacial score (nSPS) is 11.3. The van der Waals surface area contributed by atoms with E-state index in [1.54, 1.807) is 17.5 Å². The van der Waals surface area contributed by atoms with Gasteiger partial charge in [0.25, 0.3) is 0 Å². The number of thiophene rings is 1. The molecule has 2 heterocycles. The number of ether oxygens (including phenoxy) is 1. The molecular formula is C21H32N4O3S. The molecule has 3 N–H and O–H groups in total. The summed E-state index contributed by atoms with van der Waals surface area (Å²) in [7, 11) is 0. The summed E-state index contributed by atoms with van der Waals surface area (Å²) in [6.45, 7) is 8.88. The quantitative estimate of drug-likeness (QED) is 0.463. The number of aromatic nitrogens is 1. The first-order chi connectivity index (χ1) is 13.8. The summed E-state index contributed by atoms with van der Waals surface area (Å²) < 4.78 is 6.25. The smallest absolute Gasteiger partial charge is 0.407 e. The predicted octanol–water partition coefficient (Wildman–Crippen LogP) is 5.14. The van der Waals surface area contributed by atoms with Crippen molar-refractivity contribution in [2.75, 3.05) is 23.7 Å². The van der Waals surface area contributed by atoms with Gasteiger partial charge in [0, 0.05) is 19.5 Å². The Morgan fingerprint density at radius 1 is 1.17 bits per heavy atom. The maximum absolute atomic E-state index is 12.2. The molecule has 0 aromatic carbocycles. The lowest BCUT2D eigenvalue weighted by atomic mass is 10.2. The first kappa shape index (κ1) is 22.9. The lowest BCUT2D eigenvalue weighted by Crippen LogP contribution is -2.33. The van der Waals surface area contributed by atoms with Crippen molar-refractivity contribution in [1.29, 1.82) is 0 Å². The maximum Gasteiger partial charge on any atom is 0.407 e. The van der Waals surface area contributed by atoms with E-state index in [2.05, 4.69) is 27.9 Å². The lowest BCUT2D eigenvalue weighted by Gasteiger charge is -2.19. The van der Waals surface area contributed by atoms with E-state index in [-0.39, 0.29) is 5.91 Å². The van der Waals surface area contributed by atoms with E-state index in [9.17, 15) is 9.59 Å². The molecule has 0 radical (unpaired) electrons. The van der Waals surface area contributed by atoms with Crippen LogP contribution < -0.4 is 16.0 Å². The molecule has 0 saturated heterocycles. The van der Waals surface area contributed by atoms with Crippen LogP contribution in [0.1, 0.15) is 59.8 Å². The number of nitrogens with one attached hydrogen (secondary N) is 3. The second-order valence-electron chi connectivity index (χ2n) is 7.90. The van der Waals surface area contributed by atoms with E-state index in [0.717, 1.165) is 48.1 Å². The first-order valence-corrected chi connectivity index (χ1v) is 11.0. The Hall–Kier alpha value is -2.35. The Balaban J connectivity index is 1.86. The number of nitrogens with zero attached hydrogens (tertiary/aromatic N) is 1. The molecule has 0 unspecified atom stereocenters. The molecule has 160 valence electrons. The standard InChI is InChI=1S/C21H32N4O3S/c1-5-6-9-17(26)25-16-14-24-15-10-13-29-19(15)18(16)22-11-7-8-12-23-20(27)28-21(2,3)4/h10,13-14H,5-9,11-12H2,1-4H3,(H,22,24)(H,23,27)(H,25,26). The van der Waals surface area contributed by atoms with Crippen LogP contribution in [0.3, 0.4) is 0 Å². The van der Waals surface area contributed by atoms with Gasteiger partial charge in [-0.1, -0.05) is 13.3 Å². The van der Waals surface area contributed by atoms with Crippen molar-refractivity contribution >= 4 is 44.9 Å². The molecule has 0 aliphatic rings. The molecule has 0 spiro atoms. The zero-order chi connectivity index (χ0) is 21.3. The average molecular weight is 421 g/mol. The molecule has 0 aliphatic carbocycles. The number of unbranched alkanes of at least 4 members (excludes halogenated alkanes) is 2. The zero-order valence-electron chi connectivity index (χ0n) is 17.8. The number of fused-ring (bicyclic) bond motifs is 1. The Bertz CT molecular complexity index is 814. The van der Waals surface area contributed by atoms with Gasteiger partial charge in [-0.05, 0) is 51.5 Å². The molecule has 0 bridgehead atoms. The van der Waals surface area contributed by atoms with E-state index < -0.39 is 11.7 Å². The van der Waals surface area contributed by atoms with Crippen molar-refractivity contribution in [1.82, 2.24) is 10.3 Å². The summed E-state index contributed by atoms with van der Waals surface area (Å²) in [5.74, 6) is 0.00849. The van der Waals surface area contributed by atoms with Gasteiger partial charge in [-0.2, -0.15) is 0 Å². The summed E-state index contributed by atoms with van der Waals surface area (Å²) in [6.07, 6.45) is 5.38. The van der Waals surface area contributed by atoms with Crippen molar-refractivity contribution in [2.45, 2.75) is 65.4 Å². The summed E-state index contributed by atoms with van der Waals surface area (Å²) in [6, 6.07) is 1.97. The summed E-state index contributed by atoms with van der Waals surface area (Å²) >= 11 is 1.60. The van der Waals surface area contributed by atoms with Gasteiger partial charge in [-0.3, -0.25) is 9.78 Å². The number of carbonyl (C=O) groups excluding carboxylic acids is 2. The molecule has 29 heavy (non-hydrogen) atoms. The van der Waals surface area contributed by atoms with Crippen LogP contribution in [0, 0.1) is 0 Å². The Morgan fingerprint density at radius 2 is 1.93 bits per heavy atom. The molecule has 2 aromatic heterocycles. The number of alkyl carbamates (subject to hydrolysis) is 1. The number of amides is 2. The topological polar surface area (TPSA) is 92.4 Å². The third-order valence-corrected chi connectivity index (χ3v) is 5.00. The van der Waals surface area contributed by atoms with Crippen LogP contribution in [0.4, 0.5) is 16.2 Å². The number of hydrogen-bond acceptors (Lipinski definition) is 6. The molecule has 0 aliphatic heterocycles. The minimum absolute atomic E-state index is 0.00849. The van der Waals surface area contributed by atoms with E-state index >= 15 is 0 Å². The predicted molar refractivity (Wildman–Crippen MR) is 120 cm³/mol. The highest BCUT2D eigenvalue weighted by molar-refractivity contribution is 7.17. The SMILES string of the molecule is CCCCC(=O)Nc1cnc2ccsc2c1NCCCCNC(=O)OC(C)(C)C. The highest BCUT2D eigenvalue weighted by atomic mass is 32.1. The van der Waals surface area contributed by atoms with E-state index in [4.69, 9.17) is 4.74 Å². The van der Waals surface area contributed by atoms with Crippen LogP contribution in [-0.4, -0.2) is 35.7 Å². The third-order valence-electron chi connectivity index (χ3n) is 4.08. The van der Waals surface area contributed by atoms with Crippen molar-refractivity contribution < 1.29 is 14.3 Å². The van der Waals surface area contributed by atoms with E-state index in [0.29, 0.717) is 18.7 Å². The van der Waals surface area contributed by atoms with Gasteiger partial charge < -0.3 is 20.7 Å². The number of hydrogen-bond donors (Lipinski definition) is 3. The molecule has 0 atom stereocenters. The molecule has 2 aromatic rings. The number of pyridine rings is 1. The van der Waals surface area contributed by atoms with Gasteiger partial charge in [-0.25, -0.2) is 4.79 Å². The second kappa shape index (κ2) is 11.0. The van der Waals surface area contributed by atoms with Gasteiger partial charge in [0.15, 0.2) is 0 Å². The van der Waals surface area contributed by atoms with Crippen molar-refractivity contribution in [3.63, 3.8) is 0 Å². The zero-order valence-corrected chi connectivity index (χ0v) is 18.6. The molecule has 2 amide bonds. The van der Waals surface area contributed by atoms with Crippen LogP contribution in [-0.2, 0) is 9.53 Å². The van der Waals surface area contributed by atoms with Crippen LogP contribution in [0.5, 0.6) is 0 Å². The van der Waals surface area contributed by atoms with Gasteiger partial charge in [0.05, 0.1) is 27.8 Å². The highest BCUT2D eigenvalue weighted by Crippen LogP contribution is 2.33. The first-order valence-electron chi connectivity index (χ1n) is 10.2.